The number of furan rings is 1. The van der Waals surface area contributed by atoms with Gasteiger partial charge in [0, 0.05) is 0 Å². The molecule has 0 unspecified atom stereocenters. The van der Waals surface area contributed by atoms with Crippen molar-refractivity contribution in [2.24, 2.45) is 0 Å². The van der Waals surface area contributed by atoms with Crippen molar-refractivity contribution in [3.63, 3.8) is 0 Å². The highest BCUT2D eigenvalue weighted by molar-refractivity contribution is 7.97. The van der Waals surface area contributed by atoms with Gasteiger partial charge in [-0.1, -0.05) is 24.3 Å². The second kappa shape index (κ2) is 9.53. The van der Waals surface area contributed by atoms with Crippen LogP contribution in [0.1, 0.15) is 21.9 Å². The summed E-state index contributed by atoms with van der Waals surface area (Å²) in [5.41, 5.74) is 2.62. The number of fused-ring (bicyclic) bond motifs is 1. The van der Waals surface area contributed by atoms with Crippen molar-refractivity contribution in [1.82, 2.24) is 14.9 Å². The highest BCUT2D eigenvalue weighted by Crippen LogP contribution is 2.20. The molecule has 7 nitrogen and oxygen atoms in total. The molecule has 0 aliphatic rings. The topological polar surface area (TPSA) is 89.2 Å². The maximum atomic E-state index is 12.9. The fourth-order valence-electron chi connectivity index (χ4n) is 3.34. The van der Waals surface area contributed by atoms with Crippen molar-refractivity contribution in [3.8, 4) is 0 Å². The number of nitrogens with one attached hydrogen (secondary N) is 2. The minimum Gasteiger partial charge on any atom is -0.467 e. The molecule has 8 heteroatoms. The lowest BCUT2D eigenvalue weighted by atomic mass is 10.1. The molecular weight excluding hydrogens is 412 g/mol. The summed E-state index contributed by atoms with van der Waals surface area (Å²) in [4.78, 5) is 30.2. The number of para-hydroxylation sites is 3. The third kappa shape index (κ3) is 4.80. The van der Waals surface area contributed by atoms with Gasteiger partial charge in [0.2, 0.25) is 5.91 Å². The molecule has 2 amide bonds. The van der Waals surface area contributed by atoms with Gasteiger partial charge >= 0.3 is 0 Å². The second-order valence-electron chi connectivity index (χ2n) is 6.89. The minimum atomic E-state index is -0.288. The molecule has 2 aromatic carbocycles. The lowest BCUT2D eigenvalue weighted by Crippen LogP contribution is -2.26. The van der Waals surface area contributed by atoms with Gasteiger partial charge in [-0.25, -0.2) is 4.98 Å². The number of carbonyl (C=O) groups excluding carboxylic acids is 2. The Kier molecular flexibility index (Phi) is 6.37. The van der Waals surface area contributed by atoms with Crippen LogP contribution in [0.4, 0.5) is 5.69 Å². The first-order valence-electron chi connectivity index (χ1n) is 9.78. The number of hydrogen-bond acceptors (Lipinski definition) is 5. The molecule has 4 aromatic rings. The van der Waals surface area contributed by atoms with Crippen LogP contribution in [0.15, 0.2) is 71.3 Å². The highest BCUT2D eigenvalue weighted by Gasteiger charge is 2.16. The van der Waals surface area contributed by atoms with E-state index in [0.29, 0.717) is 22.8 Å². The maximum Gasteiger partial charge on any atom is 0.253 e. The summed E-state index contributed by atoms with van der Waals surface area (Å²) in [6.07, 6.45) is 3.56. The van der Waals surface area contributed by atoms with Crippen LogP contribution < -0.4 is 10.6 Å². The van der Waals surface area contributed by atoms with E-state index in [4.69, 9.17) is 4.42 Å². The number of imidazole rings is 1. The monoisotopic (exact) mass is 434 g/mol. The van der Waals surface area contributed by atoms with Crippen molar-refractivity contribution in [3.05, 3.63) is 84.1 Å². The Morgan fingerprint density at radius 2 is 1.87 bits per heavy atom. The van der Waals surface area contributed by atoms with Gasteiger partial charge in [0.15, 0.2) is 0 Å². The zero-order valence-electron chi connectivity index (χ0n) is 17.0. The summed E-state index contributed by atoms with van der Waals surface area (Å²) in [6, 6.07) is 18.2. The van der Waals surface area contributed by atoms with Gasteiger partial charge in [-0.15, -0.1) is 0 Å². The number of carbonyl (C=O) groups is 2. The smallest absolute Gasteiger partial charge is 0.253 e. The Labute approximate surface area is 183 Å². The normalized spacial score (nSPS) is 10.9. The number of rotatable bonds is 8. The van der Waals surface area contributed by atoms with Gasteiger partial charge in [-0.2, -0.15) is 11.8 Å². The molecule has 0 saturated carbocycles. The van der Waals surface area contributed by atoms with Crippen LogP contribution in [0.2, 0.25) is 0 Å². The number of benzene rings is 2. The molecule has 0 spiro atoms. The van der Waals surface area contributed by atoms with Crippen molar-refractivity contribution in [2.45, 2.75) is 18.8 Å². The van der Waals surface area contributed by atoms with Crippen LogP contribution in [0.3, 0.4) is 0 Å². The number of hydrogen-bond donors (Lipinski definition) is 2. The van der Waals surface area contributed by atoms with Crippen LogP contribution >= 0.6 is 11.8 Å². The van der Waals surface area contributed by atoms with Gasteiger partial charge in [-0.3, -0.25) is 9.59 Å². The number of amides is 2. The summed E-state index contributed by atoms with van der Waals surface area (Å²) in [6.45, 7) is 0.381. The standard InChI is InChI=1S/C23H22N4O3S/c1-31-15-21-25-19-10-4-5-11-20(19)27(21)14-22(28)26-18-9-3-2-8-17(18)23(29)24-13-16-7-6-12-30-16/h2-12H,13-15H2,1H3,(H,24,29)(H,26,28). The third-order valence-electron chi connectivity index (χ3n) is 4.76. The largest absolute Gasteiger partial charge is 0.467 e. The molecular formula is C23H22N4O3S. The third-order valence-corrected chi connectivity index (χ3v) is 5.30. The molecule has 0 bridgehead atoms. The van der Waals surface area contributed by atoms with E-state index in [1.165, 1.54) is 0 Å². The van der Waals surface area contributed by atoms with Crippen molar-refractivity contribution >= 4 is 40.3 Å². The van der Waals surface area contributed by atoms with Crippen LogP contribution in [0, 0.1) is 0 Å². The average Bonchev–Trinajstić information content (AvgIpc) is 3.41. The number of thioether (sulfide) groups is 1. The van der Waals surface area contributed by atoms with E-state index >= 15 is 0 Å². The van der Waals surface area contributed by atoms with E-state index in [2.05, 4.69) is 15.6 Å². The van der Waals surface area contributed by atoms with Crippen molar-refractivity contribution < 1.29 is 14.0 Å². The van der Waals surface area contributed by atoms with E-state index in [1.54, 1.807) is 54.4 Å². The van der Waals surface area contributed by atoms with Crippen LogP contribution in [-0.2, 0) is 23.6 Å². The Bertz CT molecular complexity index is 1200. The highest BCUT2D eigenvalue weighted by atomic mass is 32.2. The second-order valence-corrected chi connectivity index (χ2v) is 7.76. The van der Waals surface area contributed by atoms with Gasteiger partial charge < -0.3 is 19.6 Å². The number of aromatic nitrogens is 2. The van der Waals surface area contributed by atoms with E-state index in [0.717, 1.165) is 16.9 Å². The maximum absolute atomic E-state index is 12.9. The first-order chi connectivity index (χ1) is 15.2. The predicted octanol–water partition coefficient (Wildman–Crippen LogP) is 4.06. The molecule has 2 aromatic heterocycles. The van der Waals surface area contributed by atoms with Gasteiger partial charge in [-0.05, 0) is 42.7 Å². The molecule has 158 valence electrons. The fraction of sp³-hybridized carbons (Fsp3) is 0.174. The number of anilines is 1. The Hall–Kier alpha value is -3.52. The molecule has 2 N–H and O–H groups in total. The average molecular weight is 435 g/mol. The Balaban J connectivity index is 1.50. The summed E-state index contributed by atoms with van der Waals surface area (Å²) < 4.78 is 7.16. The minimum absolute atomic E-state index is 0.110. The van der Waals surface area contributed by atoms with Gasteiger partial charge in [0.25, 0.3) is 5.91 Å². The van der Waals surface area contributed by atoms with E-state index < -0.39 is 0 Å². The first kappa shape index (κ1) is 20.7. The van der Waals surface area contributed by atoms with Gasteiger partial charge in [0.1, 0.15) is 18.1 Å². The van der Waals surface area contributed by atoms with Crippen LogP contribution in [-0.4, -0.2) is 27.6 Å². The quantitative estimate of drug-likeness (QED) is 0.437. The number of nitrogens with zero attached hydrogens (tertiary/aromatic N) is 2. The van der Waals surface area contributed by atoms with Crippen LogP contribution in [0.25, 0.3) is 11.0 Å². The molecule has 31 heavy (non-hydrogen) atoms. The molecule has 0 saturated heterocycles. The lowest BCUT2D eigenvalue weighted by Gasteiger charge is -2.13. The summed E-state index contributed by atoms with van der Waals surface area (Å²) in [5, 5.41) is 5.69. The SMILES string of the molecule is CSCc1nc2ccccc2n1CC(=O)Nc1ccccc1C(=O)NCc1ccco1. The lowest BCUT2D eigenvalue weighted by molar-refractivity contribution is -0.116. The zero-order valence-corrected chi connectivity index (χ0v) is 17.8. The molecule has 0 aliphatic heterocycles. The summed E-state index contributed by atoms with van der Waals surface area (Å²) in [7, 11) is 0. The molecule has 2 heterocycles. The van der Waals surface area contributed by atoms with E-state index in [9.17, 15) is 9.59 Å². The summed E-state index contributed by atoms with van der Waals surface area (Å²) in [5.74, 6) is 1.69. The van der Waals surface area contributed by atoms with E-state index in [1.807, 2.05) is 35.1 Å². The molecule has 4 rings (SSSR count). The first-order valence-corrected chi connectivity index (χ1v) is 11.2. The van der Waals surface area contributed by atoms with Crippen molar-refractivity contribution in [1.29, 1.82) is 0 Å². The van der Waals surface area contributed by atoms with Crippen molar-refractivity contribution in [2.75, 3.05) is 11.6 Å². The molecule has 0 atom stereocenters. The molecule has 0 aliphatic carbocycles. The van der Waals surface area contributed by atoms with E-state index in [-0.39, 0.29) is 24.9 Å². The summed E-state index contributed by atoms with van der Waals surface area (Å²) >= 11 is 1.65. The van der Waals surface area contributed by atoms with Crippen LogP contribution in [0.5, 0.6) is 0 Å². The van der Waals surface area contributed by atoms with Gasteiger partial charge in [0.05, 0.1) is 40.8 Å². The predicted molar refractivity (Wildman–Crippen MR) is 122 cm³/mol. The Morgan fingerprint density at radius 1 is 1.06 bits per heavy atom. The zero-order chi connectivity index (χ0) is 21.6. The molecule has 0 fully saturated rings. The Morgan fingerprint density at radius 3 is 2.68 bits per heavy atom. The fourth-order valence-corrected chi connectivity index (χ4v) is 3.82. The molecule has 0 radical (unpaired) electrons.